The second-order valence-electron chi connectivity index (χ2n) is 5.22. The Hall–Kier alpha value is -1.95. The Morgan fingerprint density at radius 1 is 1.17 bits per heavy atom. The van der Waals surface area contributed by atoms with Crippen molar-refractivity contribution in [2.45, 2.75) is 26.7 Å². The average Bonchev–Trinajstić information content (AvgIpc) is 2.55. The van der Waals surface area contributed by atoms with Crippen molar-refractivity contribution < 1.29 is 4.79 Å². The number of carbonyl (C=O) groups is 1. The maximum Gasteiger partial charge on any atom is 0.258 e. The summed E-state index contributed by atoms with van der Waals surface area (Å²) in [6, 6.07) is 7.45. The number of benzene rings is 1. The Balaban J connectivity index is 2.07. The molecule has 1 aromatic carbocycles. The lowest BCUT2D eigenvalue weighted by molar-refractivity contribution is 0.102. The van der Waals surface area contributed by atoms with Crippen molar-refractivity contribution in [1.29, 1.82) is 0 Å². The van der Waals surface area contributed by atoms with Gasteiger partial charge in [-0.05, 0) is 31.0 Å². The van der Waals surface area contributed by atoms with Gasteiger partial charge < -0.3 is 10.2 Å². The Morgan fingerprint density at radius 2 is 1.83 bits per heavy atom. The molecule has 0 bridgehead atoms. The van der Waals surface area contributed by atoms with E-state index in [1.54, 1.807) is 12.4 Å². The first-order valence-electron chi connectivity index (χ1n) is 7.78. The quantitative estimate of drug-likeness (QED) is 0.789. The van der Waals surface area contributed by atoms with Crippen molar-refractivity contribution in [2.75, 3.05) is 23.3 Å². The van der Waals surface area contributed by atoms with E-state index in [9.17, 15) is 4.79 Å². The summed E-state index contributed by atoms with van der Waals surface area (Å²) in [7, 11) is 0. The number of carbonyl (C=O) groups excluding carboxylic acids is 1. The molecule has 2 aromatic rings. The molecule has 0 fully saturated rings. The minimum Gasteiger partial charge on any atom is -0.341 e. The van der Waals surface area contributed by atoms with Gasteiger partial charge in [0.15, 0.2) is 0 Å². The third-order valence-electron chi connectivity index (χ3n) is 3.25. The highest BCUT2D eigenvalue weighted by Crippen LogP contribution is 2.16. The van der Waals surface area contributed by atoms with Gasteiger partial charge in [0.2, 0.25) is 5.95 Å². The van der Waals surface area contributed by atoms with Crippen molar-refractivity contribution in [3.8, 4) is 0 Å². The van der Waals surface area contributed by atoms with Crippen LogP contribution in [0, 0.1) is 0 Å². The van der Waals surface area contributed by atoms with Gasteiger partial charge in [0.05, 0.1) is 5.56 Å². The first-order valence-corrected chi connectivity index (χ1v) is 8.57. The Morgan fingerprint density at radius 3 is 2.39 bits per heavy atom. The zero-order valence-corrected chi connectivity index (χ0v) is 15.0. The number of nitrogens with zero attached hydrogens (tertiary/aromatic N) is 3. The van der Waals surface area contributed by atoms with Crippen molar-refractivity contribution in [3.05, 3.63) is 46.7 Å². The molecule has 0 spiro atoms. The topological polar surface area (TPSA) is 58.1 Å². The summed E-state index contributed by atoms with van der Waals surface area (Å²) in [5.74, 6) is 0.458. The summed E-state index contributed by atoms with van der Waals surface area (Å²) in [4.78, 5) is 23.1. The van der Waals surface area contributed by atoms with E-state index in [2.05, 4.69) is 50.0 Å². The molecule has 23 heavy (non-hydrogen) atoms. The van der Waals surface area contributed by atoms with Gasteiger partial charge >= 0.3 is 0 Å². The molecule has 0 aliphatic rings. The van der Waals surface area contributed by atoms with Crippen LogP contribution in [-0.2, 0) is 0 Å². The number of amides is 1. The molecular formula is C17H21BrN4O. The van der Waals surface area contributed by atoms with Gasteiger partial charge in [0.1, 0.15) is 0 Å². The van der Waals surface area contributed by atoms with Crippen LogP contribution in [-0.4, -0.2) is 29.0 Å². The van der Waals surface area contributed by atoms with Gasteiger partial charge in [-0.1, -0.05) is 35.8 Å². The maximum atomic E-state index is 12.2. The third-order valence-corrected chi connectivity index (χ3v) is 3.75. The minimum absolute atomic E-state index is 0.216. The van der Waals surface area contributed by atoms with Gasteiger partial charge in [-0.25, -0.2) is 9.97 Å². The second kappa shape index (κ2) is 8.62. The summed E-state index contributed by atoms with van der Waals surface area (Å²) in [6.07, 6.45) is 5.23. The van der Waals surface area contributed by atoms with Crippen LogP contribution in [0.4, 0.5) is 11.6 Å². The molecule has 5 nitrogen and oxygen atoms in total. The summed E-state index contributed by atoms with van der Waals surface area (Å²) in [5, 5.41) is 2.84. The van der Waals surface area contributed by atoms with E-state index >= 15 is 0 Å². The van der Waals surface area contributed by atoms with Gasteiger partial charge in [-0.2, -0.15) is 0 Å². The summed E-state index contributed by atoms with van der Waals surface area (Å²) in [5.41, 5.74) is 1.17. The van der Waals surface area contributed by atoms with Crippen LogP contribution >= 0.6 is 15.9 Å². The largest absolute Gasteiger partial charge is 0.341 e. The molecule has 0 saturated carbocycles. The third kappa shape index (κ3) is 5.03. The fourth-order valence-corrected chi connectivity index (χ4v) is 2.62. The van der Waals surface area contributed by atoms with Crippen LogP contribution in [0.15, 0.2) is 41.1 Å². The number of anilines is 2. The normalized spacial score (nSPS) is 10.4. The Labute approximate surface area is 145 Å². The number of aromatic nitrogens is 2. The molecule has 0 aliphatic heterocycles. The standard InChI is InChI=1S/C17H21BrN4O/c1-3-8-22(9-4-2)17-19-11-13(12-20-17)16(23)21-15-7-5-6-14(18)10-15/h5-7,10-12H,3-4,8-9H2,1-2H3,(H,21,23). The Bertz CT molecular complexity index is 639. The maximum absolute atomic E-state index is 12.2. The molecule has 122 valence electrons. The highest BCUT2D eigenvalue weighted by Gasteiger charge is 2.11. The smallest absolute Gasteiger partial charge is 0.258 e. The summed E-state index contributed by atoms with van der Waals surface area (Å²) in [6.45, 7) is 6.08. The van der Waals surface area contributed by atoms with Crippen LogP contribution in [0.2, 0.25) is 0 Å². The predicted molar refractivity (Wildman–Crippen MR) is 96.9 cm³/mol. The molecule has 2 rings (SSSR count). The average molecular weight is 377 g/mol. The first-order chi connectivity index (χ1) is 11.1. The SMILES string of the molecule is CCCN(CCC)c1ncc(C(=O)Nc2cccc(Br)c2)cn1. The highest BCUT2D eigenvalue weighted by molar-refractivity contribution is 9.10. The van der Waals surface area contributed by atoms with Gasteiger partial charge in [-0.15, -0.1) is 0 Å². The van der Waals surface area contributed by atoms with E-state index in [1.165, 1.54) is 0 Å². The van der Waals surface area contributed by atoms with Crippen molar-refractivity contribution >= 4 is 33.5 Å². The minimum atomic E-state index is -0.216. The first kappa shape index (κ1) is 17.4. The van der Waals surface area contributed by atoms with Gasteiger partial charge in [0, 0.05) is 35.6 Å². The second-order valence-corrected chi connectivity index (χ2v) is 6.14. The van der Waals surface area contributed by atoms with Crippen LogP contribution < -0.4 is 10.2 Å². The Kier molecular flexibility index (Phi) is 6.52. The lowest BCUT2D eigenvalue weighted by atomic mass is 10.3. The number of rotatable bonds is 7. The van der Waals surface area contributed by atoms with E-state index in [0.717, 1.165) is 36.1 Å². The van der Waals surface area contributed by atoms with E-state index in [-0.39, 0.29) is 5.91 Å². The molecular weight excluding hydrogens is 356 g/mol. The van der Waals surface area contributed by atoms with Gasteiger partial charge in [0.25, 0.3) is 5.91 Å². The molecule has 0 aliphatic carbocycles. The van der Waals surface area contributed by atoms with E-state index in [1.807, 2.05) is 24.3 Å². The fraction of sp³-hybridized carbons (Fsp3) is 0.353. The van der Waals surface area contributed by atoms with Gasteiger partial charge in [-0.3, -0.25) is 4.79 Å². The molecule has 1 aromatic heterocycles. The van der Waals surface area contributed by atoms with E-state index < -0.39 is 0 Å². The molecule has 0 saturated heterocycles. The summed E-state index contributed by atoms with van der Waals surface area (Å²) >= 11 is 3.38. The summed E-state index contributed by atoms with van der Waals surface area (Å²) < 4.78 is 0.914. The van der Waals surface area contributed by atoms with E-state index in [0.29, 0.717) is 11.5 Å². The van der Waals surface area contributed by atoms with E-state index in [4.69, 9.17) is 0 Å². The molecule has 1 amide bonds. The van der Waals surface area contributed by atoms with Crippen molar-refractivity contribution in [3.63, 3.8) is 0 Å². The lowest BCUT2D eigenvalue weighted by Gasteiger charge is -2.21. The fourth-order valence-electron chi connectivity index (χ4n) is 2.22. The molecule has 0 radical (unpaired) electrons. The predicted octanol–water partition coefficient (Wildman–Crippen LogP) is 4.12. The number of halogens is 1. The van der Waals surface area contributed by atoms with Crippen LogP contribution in [0.3, 0.4) is 0 Å². The molecule has 0 atom stereocenters. The molecule has 1 N–H and O–H groups in total. The zero-order valence-electron chi connectivity index (χ0n) is 13.4. The molecule has 6 heteroatoms. The van der Waals surface area contributed by atoms with Crippen molar-refractivity contribution in [1.82, 2.24) is 9.97 Å². The lowest BCUT2D eigenvalue weighted by Crippen LogP contribution is -2.27. The number of hydrogen-bond acceptors (Lipinski definition) is 4. The monoisotopic (exact) mass is 376 g/mol. The molecule has 1 heterocycles. The van der Waals surface area contributed by atoms with Crippen molar-refractivity contribution in [2.24, 2.45) is 0 Å². The van der Waals surface area contributed by atoms with Crippen LogP contribution in [0.25, 0.3) is 0 Å². The number of nitrogens with one attached hydrogen (secondary N) is 1. The zero-order chi connectivity index (χ0) is 16.7. The highest BCUT2D eigenvalue weighted by atomic mass is 79.9. The van der Waals surface area contributed by atoms with Crippen LogP contribution in [0.1, 0.15) is 37.0 Å². The van der Waals surface area contributed by atoms with Crippen LogP contribution in [0.5, 0.6) is 0 Å². The number of hydrogen-bond donors (Lipinski definition) is 1. The molecule has 0 unspecified atom stereocenters.